The zero-order valence-electron chi connectivity index (χ0n) is 15.2. The standard InChI is InChI=1S/C20H15BrF2N4OS/c1-11(12-4-5-15(22)16(23)7-12)27-10-26-18-14(21)9-25-19(17(18)20(27)28)24-8-13-3-2-6-29-13/h2-7,9-11H,8H2,1H3,(H,24,25). The van der Waals surface area contributed by atoms with Crippen molar-refractivity contribution >= 4 is 44.0 Å². The van der Waals surface area contributed by atoms with Crippen molar-refractivity contribution in [1.82, 2.24) is 14.5 Å². The van der Waals surface area contributed by atoms with Crippen molar-refractivity contribution in [2.24, 2.45) is 0 Å². The Balaban J connectivity index is 1.79. The lowest BCUT2D eigenvalue weighted by molar-refractivity contribution is 0.502. The molecule has 0 aliphatic heterocycles. The maximum atomic E-state index is 13.7. The number of aromatic nitrogens is 3. The van der Waals surface area contributed by atoms with E-state index in [0.29, 0.717) is 33.3 Å². The molecule has 5 nitrogen and oxygen atoms in total. The molecule has 0 saturated carbocycles. The average Bonchev–Trinajstić information content (AvgIpc) is 3.23. The summed E-state index contributed by atoms with van der Waals surface area (Å²) in [5.41, 5.74) is 0.616. The van der Waals surface area contributed by atoms with E-state index in [-0.39, 0.29) is 5.56 Å². The number of hydrogen-bond acceptors (Lipinski definition) is 5. The molecule has 0 aliphatic carbocycles. The van der Waals surface area contributed by atoms with Crippen molar-refractivity contribution in [3.05, 3.63) is 85.1 Å². The van der Waals surface area contributed by atoms with Gasteiger partial charge < -0.3 is 5.32 Å². The number of pyridine rings is 1. The summed E-state index contributed by atoms with van der Waals surface area (Å²) in [5.74, 6) is -1.47. The number of hydrogen-bond donors (Lipinski definition) is 1. The van der Waals surface area contributed by atoms with Crippen molar-refractivity contribution in [1.29, 1.82) is 0 Å². The molecule has 0 fully saturated rings. The highest BCUT2D eigenvalue weighted by Gasteiger charge is 2.18. The van der Waals surface area contributed by atoms with Gasteiger partial charge in [-0.15, -0.1) is 11.3 Å². The first-order chi connectivity index (χ1) is 14.0. The van der Waals surface area contributed by atoms with Gasteiger partial charge in [-0.2, -0.15) is 0 Å². The first-order valence-corrected chi connectivity index (χ1v) is 10.4. The van der Waals surface area contributed by atoms with Crippen molar-refractivity contribution in [3.8, 4) is 0 Å². The minimum absolute atomic E-state index is 0.324. The van der Waals surface area contributed by atoms with Gasteiger partial charge in [0.1, 0.15) is 11.2 Å². The predicted octanol–water partition coefficient (Wildman–Crippen LogP) is 5.12. The molecule has 3 aromatic heterocycles. The third-order valence-corrected chi connectivity index (χ3v) is 6.08. The fourth-order valence-electron chi connectivity index (χ4n) is 3.04. The molecule has 4 rings (SSSR count). The molecule has 0 saturated heterocycles. The van der Waals surface area contributed by atoms with E-state index >= 15 is 0 Å². The molecule has 0 aliphatic rings. The van der Waals surface area contributed by atoms with Gasteiger partial charge in [0.2, 0.25) is 0 Å². The molecule has 0 bridgehead atoms. The Labute approximate surface area is 177 Å². The van der Waals surface area contributed by atoms with Crippen LogP contribution in [0.2, 0.25) is 0 Å². The molecule has 1 aromatic carbocycles. The molecule has 1 atom stereocenters. The van der Waals surface area contributed by atoms with Gasteiger partial charge in [0, 0.05) is 11.1 Å². The summed E-state index contributed by atoms with van der Waals surface area (Å²) in [6.07, 6.45) is 3.00. The van der Waals surface area contributed by atoms with E-state index in [2.05, 4.69) is 31.2 Å². The Morgan fingerprint density at radius 2 is 2.07 bits per heavy atom. The van der Waals surface area contributed by atoms with Crippen LogP contribution in [0.5, 0.6) is 0 Å². The minimum atomic E-state index is -0.959. The van der Waals surface area contributed by atoms with Crippen LogP contribution >= 0.6 is 27.3 Å². The molecule has 0 radical (unpaired) electrons. The van der Waals surface area contributed by atoms with E-state index in [0.717, 1.165) is 17.0 Å². The van der Waals surface area contributed by atoms with Gasteiger partial charge in [0.25, 0.3) is 5.56 Å². The quantitative estimate of drug-likeness (QED) is 0.434. The maximum absolute atomic E-state index is 13.7. The summed E-state index contributed by atoms with van der Waals surface area (Å²) in [7, 11) is 0. The van der Waals surface area contributed by atoms with Crippen molar-refractivity contribution in [2.45, 2.75) is 19.5 Å². The number of nitrogens with zero attached hydrogens (tertiary/aromatic N) is 3. The molecule has 0 amide bonds. The van der Waals surface area contributed by atoms with Crippen molar-refractivity contribution in [3.63, 3.8) is 0 Å². The number of anilines is 1. The van der Waals surface area contributed by atoms with Crippen molar-refractivity contribution < 1.29 is 8.78 Å². The van der Waals surface area contributed by atoms with Gasteiger partial charge in [-0.25, -0.2) is 18.7 Å². The minimum Gasteiger partial charge on any atom is -0.364 e. The summed E-state index contributed by atoms with van der Waals surface area (Å²) < 4.78 is 28.9. The zero-order valence-corrected chi connectivity index (χ0v) is 17.6. The van der Waals surface area contributed by atoms with E-state index in [1.807, 2.05) is 17.5 Å². The first kappa shape index (κ1) is 19.7. The highest BCUT2D eigenvalue weighted by molar-refractivity contribution is 9.10. The third-order valence-electron chi connectivity index (χ3n) is 4.62. The molecule has 9 heteroatoms. The molecule has 3 heterocycles. The fourth-order valence-corrected chi connectivity index (χ4v) is 4.08. The molecule has 29 heavy (non-hydrogen) atoms. The second-order valence-electron chi connectivity index (χ2n) is 6.42. The van der Waals surface area contributed by atoms with E-state index in [1.54, 1.807) is 24.5 Å². The summed E-state index contributed by atoms with van der Waals surface area (Å²) >= 11 is 4.99. The topological polar surface area (TPSA) is 59.8 Å². The van der Waals surface area contributed by atoms with Gasteiger partial charge in [0.05, 0.1) is 28.9 Å². The van der Waals surface area contributed by atoms with Crippen LogP contribution < -0.4 is 10.9 Å². The first-order valence-electron chi connectivity index (χ1n) is 8.72. The molecular formula is C20H15BrF2N4OS. The van der Waals surface area contributed by atoms with E-state index in [1.165, 1.54) is 17.0 Å². The van der Waals surface area contributed by atoms with Gasteiger partial charge in [-0.05, 0) is 52.0 Å². The Bertz CT molecular complexity index is 1240. The number of thiophene rings is 1. The van der Waals surface area contributed by atoms with Gasteiger partial charge >= 0.3 is 0 Å². The zero-order chi connectivity index (χ0) is 20.5. The molecule has 0 spiro atoms. The van der Waals surface area contributed by atoms with E-state index in [9.17, 15) is 13.6 Å². The van der Waals surface area contributed by atoms with Gasteiger partial charge in [-0.1, -0.05) is 12.1 Å². The SMILES string of the molecule is CC(c1ccc(F)c(F)c1)n1cnc2c(Br)cnc(NCc3cccs3)c2c1=O. The van der Waals surface area contributed by atoms with E-state index in [4.69, 9.17) is 0 Å². The van der Waals surface area contributed by atoms with Crippen LogP contribution in [0.3, 0.4) is 0 Å². The Kier molecular flexibility index (Phi) is 5.42. The number of benzene rings is 1. The number of halogens is 3. The van der Waals surface area contributed by atoms with Crippen LogP contribution in [0, 0.1) is 11.6 Å². The fraction of sp³-hybridized carbons (Fsp3) is 0.150. The summed E-state index contributed by atoms with van der Waals surface area (Å²) in [6, 6.07) is 6.99. The van der Waals surface area contributed by atoms with Crippen molar-refractivity contribution in [2.75, 3.05) is 5.32 Å². The highest BCUT2D eigenvalue weighted by Crippen LogP contribution is 2.26. The van der Waals surface area contributed by atoms with Crippen LogP contribution in [0.4, 0.5) is 14.6 Å². The number of fused-ring (bicyclic) bond motifs is 1. The molecule has 148 valence electrons. The van der Waals surface area contributed by atoms with Gasteiger partial charge in [-0.3, -0.25) is 9.36 Å². The molecule has 1 unspecified atom stereocenters. The largest absolute Gasteiger partial charge is 0.364 e. The number of nitrogens with one attached hydrogen (secondary N) is 1. The van der Waals surface area contributed by atoms with Crippen LogP contribution in [0.1, 0.15) is 23.4 Å². The lowest BCUT2D eigenvalue weighted by atomic mass is 10.1. The smallest absolute Gasteiger partial charge is 0.265 e. The predicted molar refractivity (Wildman–Crippen MR) is 113 cm³/mol. The Hall–Kier alpha value is -2.65. The Morgan fingerprint density at radius 1 is 1.24 bits per heavy atom. The second-order valence-corrected chi connectivity index (χ2v) is 8.30. The number of rotatable bonds is 5. The lowest BCUT2D eigenvalue weighted by Gasteiger charge is -2.17. The van der Waals surface area contributed by atoms with Crippen LogP contribution in [0.15, 0.2) is 57.5 Å². The molecule has 1 N–H and O–H groups in total. The van der Waals surface area contributed by atoms with Crippen LogP contribution in [-0.4, -0.2) is 14.5 Å². The van der Waals surface area contributed by atoms with Gasteiger partial charge in [0.15, 0.2) is 11.6 Å². The second kappa shape index (κ2) is 8.00. The Morgan fingerprint density at radius 3 is 2.79 bits per heavy atom. The normalized spacial score (nSPS) is 12.3. The maximum Gasteiger partial charge on any atom is 0.265 e. The van der Waals surface area contributed by atoms with Crippen LogP contribution in [0.25, 0.3) is 10.9 Å². The van der Waals surface area contributed by atoms with E-state index < -0.39 is 17.7 Å². The summed E-state index contributed by atoms with van der Waals surface area (Å²) in [4.78, 5) is 23.1. The summed E-state index contributed by atoms with van der Waals surface area (Å²) in [5, 5.41) is 5.50. The average molecular weight is 477 g/mol. The molecular weight excluding hydrogens is 462 g/mol. The third kappa shape index (κ3) is 3.79. The lowest BCUT2D eigenvalue weighted by Crippen LogP contribution is -2.25. The highest BCUT2D eigenvalue weighted by atomic mass is 79.9. The molecule has 4 aromatic rings. The monoisotopic (exact) mass is 476 g/mol. The summed E-state index contributed by atoms with van der Waals surface area (Å²) in [6.45, 7) is 2.25. The van der Waals surface area contributed by atoms with Crippen LogP contribution in [-0.2, 0) is 6.54 Å².